The van der Waals surface area contributed by atoms with Gasteiger partial charge in [0.2, 0.25) is 0 Å². The van der Waals surface area contributed by atoms with Gasteiger partial charge in [0.15, 0.2) is 17.6 Å². The van der Waals surface area contributed by atoms with Crippen molar-refractivity contribution in [2.24, 2.45) is 0 Å². The minimum absolute atomic E-state index is 0.102. The maximum atomic E-state index is 14.1. The Balaban J connectivity index is 1.72. The Morgan fingerprint density at radius 2 is 1.85 bits per heavy atom. The predicted octanol–water partition coefficient (Wildman–Crippen LogP) is 7.25. The van der Waals surface area contributed by atoms with Crippen molar-refractivity contribution in [2.75, 3.05) is 10.6 Å². The highest BCUT2D eigenvalue weighted by molar-refractivity contribution is 9.10. The summed E-state index contributed by atoms with van der Waals surface area (Å²) in [5.41, 5.74) is -0.365. The molecule has 174 valence electrons. The number of rotatable bonds is 3. The lowest BCUT2D eigenvalue weighted by Gasteiger charge is -2.33. The smallest absolute Gasteiger partial charge is 0.362 e. The summed E-state index contributed by atoms with van der Waals surface area (Å²) in [6, 6.07) is 5.37. The molecule has 2 N–H and O–H groups in total. The Hall–Kier alpha value is -2.18. The number of benzene rings is 2. The second-order valence-electron chi connectivity index (χ2n) is 7.20. The first-order chi connectivity index (χ1) is 15.5. The average Bonchev–Trinajstić information content (AvgIpc) is 3.06. The van der Waals surface area contributed by atoms with Crippen LogP contribution in [-0.2, 0) is 0 Å². The zero-order chi connectivity index (χ0) is 24.1. The third kappa shape index (κ3) is 4.73. The molecule has 0 spiro atoms. The lowest BCUT2D eigenvalue weighted by atomic mass is 9.97. The van der Waals surface area contributed by atoms with E-state index in [-0.39, 0.29) is 15.3 Å². The van der Waals surface area contributed by atoms with Crippen molar-refractivity contribution in [2.45, 2.75) is 24.7 Å². The molecule has 0 saturated carbocycles. The molecule has 1 aromatic heterocycles. The van der Waals surface area contributed by atoms with Gasteiger partial charge in [0.05, 0.1) is 11.7 Å². The van der Waals surface area contributed by atoms with Crippen LogP contribution in [0.25, 0.3) is 0 Å². The van der Waals surface area contributed by atoms with E-state index in [4.69, 9.17) is 11.6 Å². The van der Waals surface area contributed by atoms with E-state index < -0.39 is 53.6 Å². The van der Waals surface area contributed by atoms with Gasteiger partial charge in [-0.15, -0.1) is 0 Å². The summed E-state index contributed by atoms with van der Waals surface area (Å²) in [6.07, 6.45) is -5.07. The number of alkyl halides is 3. The first-order valence-corrected chi connectivity index (χ1v) is 11.2. The van der Waals surface area contributed by atoms with Crippen LogP contribution in [0.5, 0.6) is 0 Å². The average molecular weight is 615 g/mol. The van der Waals surface area contributed by atoms with Gasteiger partial charge in [-0.2, -0.15) is 18.3 Å². The van der Waals surface area contributed by atoms with Gasteiger partial charge in [-0.05, 0) is 39.7 Å². The molecule has 3 aromatic rings. The Morgan fingerprint density at radius 3 is 2.45 bits per heavy atom. The van der Waals surface area contributed by atoms with Gasteiger partial charge in [0.1, 0.15) is 16.7 Å². The summed E-state index contributed by atoms with van der Waals surface area (Å²) < 4.78 is 70.3. The SMILES string of the molecule is O=C(Nc1c(F)cc(F)cc1Br)c1nn2c(c1Cl)N[C@H](c1ccc(Br)cc1)C[C@H]2C(F)(F)F. The number of amides is 1. The third-order valence-corrected chi connectivity index (χ3v) is 6.54. The van der Waals surface area contributed by atoms with E-state index in [2.05, 4.69) is 47.6 Å². The predicted molar refractivity (Wildman–Crippen MR) is 119 cm³/mol. The van der Waals surface area contributed by atoms with Crippen LogP contribution in [-0.4, -0.2) is 21.9 Å². The van der Waals surface area contributed by atoms with Gasteiger partial charge >= 0.3 is 6.18 Å². The molecule has 5 nitrogen and oxygen atoms in total. The highest BCUT2D eigenvalue weighted by Gasteiger charge is 2.48. The molecule has 1 aliphatic heterocycles. The third-order valence-electron chi connectivity index (χ3n) is 5.03. The molecule has 2 aromatic carbocycles. The van der Waals surface area contributed by atoms with Crippen molar-refractivity contribution in [3.63, 3.8) is 0 Å². The molecule has 0 radical (unpaired) electrons. The topological polar surface area (TPSA) is 59.0 Å². The normalized spacial score (nSPS) is 17.9. The van der Waals surface area contributed by atoms with Crippen molar-refractivity contribution >= 4 is 60.9 Å². The van der Waals surface area contributed by atoms with Gasteiger partial charge in [-0.25, -0.2) is 13.5 Å². The zero-order valence-electron chi connectivity index (χ0n) is 16.2. The number of hydrogen-bond donors (Lipinski definition) is 2. The van der Waals surface area contributed by atoms with Crippen LogP contribution in [0.15, 0.2) is 45.3 Å². The first kappa shape index (κ1) is 24.0. The van der Waals surface area contributed by atoms with Crippen molar-refractivity contribution in [1.82, 2.24) is 9.78 Å². The molecule has 33 heavy (non-hydrogen) atoms. The van der Waals surface area contributed by atoms with Crippen LogP contribution in [0.2, 0.25) is 5.02 Å². The van der Waals surface area contributed by atoms with E-state index in [0.717, 1.165) is 10.5 Å². The van der Waals surface area contributed by atoms with E-state index in [1.807, 2.05) is 0 Å². The molecule has 0 aliphatic carbocycles. The molecule has 1 amide bonds. The Morgan fingerprint density at radius 1 is 1.18 bits per heavy atom. The quantitative estimate of drug-likeness (QED) is 0.306. The largest absolute Gasteiger partial charge is 0.410 e. The van der Waals surface area contributed by atoms with Crippen molar-refractivity contribution in [3.8, 4) is 0 Å². The summed E-state index contributed by atoms with van der Waals surface area (Å²) in [7, 11) is 0. The summed E-state index contributed by atoms with van der Waals surface area (Å²) in [6.45, 7) is 0. The highest BCUT2D eigenvalue weighted by atomic mass is 79.9. The summed E-state index contributed by atoms with van der Waals surface area (Å²) in [4.78, 5) is 12.7. The molecular weight excluding hydrogens is 602 g/mol. The van der Waals surface area contributed by atoms with Crippen molar-refractivity contribution < 1.29 is 26.7 Å². The number of carbonyl (C=O) groups excluding carboxylic acids is 1. The number of halogens is 8. The fourth-order valence-electron chi connectivity index (χ4n) is 3.48. The summed E-state index contributed by atoms with van der Waals surface area (Å²) >= 11 is 12.5. The number of hydrogen-bond acceptors (Lipinski definition) is 3. The maximum Gasteiger partial charge on any atom is 0.410 e. The number of aromatic nitrogens is 2. The lowest BCUT2D eigenvalue weighted by Crippen LogP contribution is -2.35. The fourth-order valence-corrected chi connectivity index (χ4v) is 4.52. The van der Waals surface area contributed by atoms with Gasteiger partial charge < -0.3 is 10.6 Å². The number of carbonyl (C=O) groups is 1. The van der Waals surface area contributed by atoms with Crippen LogP contribution >= 0.6 is 43.5 Å². The number of nitrogens with one attached hydrogen (secondary N) is 2. The Bertz CT molecular complexity index is 1210. The van der Waals surface area contributed by atoms with Crippen LogP contribution in [0.3, 0.4) is 0 Å². The minimum Gasteiger partial charge on any atom is -0.362 e. The fraction of sp³-hybridized carbons (Fsp3) is 0.200. The minimum atomic E-state index is -4.68. The molecule has 0 bridgehead atoms. The molecule has 1 aliphatic rings. The zero-order valence-corrected chi connectivity index (χ0v) is 20.1. The first-order valence-electron chi connectivity index (χ1n) is 9.28. The Kier molecular flexibility index (Phi) is 6.45. The van der Waals surface area contributed by atoms with Crippen LogP contribution in [0.4, 0.5) is 33.5 Å². The second kappa shape index (κ2) is 8.88. The summed E-state index contributed by atoms with van der Waals surface area (Å²) in [5, 5.41) is 8.51. The van der Waals surface area contributed by atoms with E-state index in [1.54, 1.807) is 24.3 Å². The molecule has 0 saturated heterocycles. The van der Waals surface area contributed by atoms with E-state index in [9.17, 15) is 26.7 Å². The molecule has 0 unspecified atom stereocenters. The van der Waals surface area contributed by atoms with E-state index >= 15 is 0 Å². The van der Waals surface area contributed by atoms with Gasteiger partial charge in [-0.1, -0.05) is 39.7 Å². The molecule has 4 rings (SSSR count). The number of fused-ring (bicyclic) bond motifs is 1. The Labute approximate surface area is 205 Å². The van der Waals surface area contributed by atoms with E-state index in [0.29, 0.717) is 16.3 Å². The monoisotopic (exact) mass is 612 g/mol. The second-order valence-corrected chi connectivity index (χ2v) is 9.34. The molecular formula is C20H12Br2ClF5N4O. The van der Waals surface area contributed by atoms with Crippen molar-refractivity contribution in [1.29, 1.82) is 0 Å². The van der Waals surface area contributed by atoms with Gasteiger partial charge in [0, 0.05) is 21.4 Å². The van der Waals surface area contributed by atoms with Crippen molar-refractivity contribution in [3.05, 3.63) is 73.3 Å². The lowest BCUT2D eigenvalue weighted by molar-refractivity contribution is -0.173. The maximum absolute atomic E-state index is 14.1. The van der Waals surface area contributed by atoms with Crippen LogP contribution in [0.1, 0.15) is 34.6 Å². The molecule has 2 atom stereocenters. The number of nitrogens with zero attached hydrogens (tertiary/aromatic N) is 2. The highest BCUT2D eigenvalue weighted by Crippen LogP contribution is 2.46. The molecule has 2 heterocycles. The van der Waals surface area contributed by atoms with Crippen LogP contribution < -0.4 is 10.6 Å². The van der Waals surface area contributed by atoms with Crippen LogP contribution in [0, 0.1) is 11.6 Å². The summed E-state index contributed by atoms with van der Waals surface area (Å²) in [5.74, 6) is -3.22. The van der Waals surface area contributed by atoms with E-state index in [1.165, 1.54) is 0 Å². The molecule has 0 fully saturated rings. The molecule has 13 heteroatoms. The standard InChI is InChI=1S/C20H12Br2ClF5N4O/c21-9-3-1-8(2-4-9)13-7-14(20(26,27)28)32-18(29-13)15(23)17(31-32)19(33)30-16-11(22)5-10(24)6-12(16)25/h1-6,13-14,29H,7H2,(H,30,33)/t13-,14-/m0/s1. The van der Waals surface area contributed by atoms with Gasteiger partial charge in [-0.3, -0.25) is 4.79 Å². The number of anilines is 2. The van der Waals surface area contributed by atoms with Gasteiger partial charge in [0.25, 0.3) is 5.91 Å².